The van der Waals surface area contributed by atoms with Crippen LogP contribution in [0.5, 0.6) is 0 Å². The molecule has 7 heteroatoms. The lowest BCUT2D eigenvalue weighted by Gasteiger charge is -2.31. The maximum absolute atomic E-state index is 12.5. The number of sulfonamides is 1. The van der Waals surface area contributed by atoms with Gasteiger partial charge in [-0.05, 0) is 31.9 Å². The molecule has 112 valence electrons. The molecule has 1 N–H and O–H groups in total. The molecule has 2 heterocycles. The van der Waals surface area contributed by atoms with Crippen LogP contribution in [0.25, 0.3) is 0 Å². The van der Waals surface area contributed by atoms with Gasteiger partial charge in [-0.25, -0.2) is 13.4 Å². The molecule has 20 heavy (non-hydrogen) atoms. The fourth-order valence-corrected chi connectivity index (χ4v) is 3.78. The largest absolute Gasteiger partial charge is 0.377 e. The van der Waals surface area contributed by atoms with E-state index in [1.54, 1.807) is 19.2 Å². The highest BCUT2D eigenvalue weighted by Gasteiger charge is 2.30. The molecular formula is C13H21N3O3S. The maximum atomic E-state index is 12.5. The summed E-state index contributed by atoms with van der Waals surface area (Å²) in [6.45, 7) is 3.49. The zero-order valence-electron chi connectivity index (χ0n) is 11.9. The first-order valence-electron chi connectivity index (χ1n) is 6.83. The lowest BCUT2D eigenvalue weighted by Crippen LogP contribution is -2.43. The number of nitrogens with zero attached hydrogens (tertiary/aromatic N) is 2. The Bertz CT molecular complexity index is 528. The summed E-state index contributed by atoms with van der Waals surface area (Å²) in [5.41, 5.74) is 0. The SMILES string of the molecule is CCOC1CCCN(S(=O)(=O)c2ccc(NC)nc2)C1. The van der Waals surface area contributed by atoms with Crippen molar-refractivity contribution in [3.8, 4) is 0 Å². The van der Waals surface area contributed by atoms with Gasteiger partial charge in [0.2, 0.25) is 10.0 Å². The van der Waals surface area contributed by atoms with E-state index in [-0.39, 0.29) is 11.0 Å². The summed E-state index contributed by atoms with van der Waals surface area (Å²) in [7, 11) is -1.73. The van der Waals surface area contributed by atoms with Crippen LogP contribution < -0.4 is 5.32 Å². The zero-order valence-corrected chi connectivity index (χ0v) is 12.7. The third-order valence-corrected chi connectivity index (χ3v) is 5.22. The number of nitrogens with one attached hydrogen (secondary N) is 1. The van der Waals surface area contributed by atoms with Crippen LogP contribution in [0.4, 0.5) is 5.82 Å². The molecule has 2 rings (SSSR count). The van der Waals surface area contributed by atoms with Crippen molar-refractivity contribution in [2.24, 2.45) is 0 Å². The van der Waals surface area contributed by atoms with Gasteiger partial charge in [0.1, 0.15) is 10.7 Å². The van der Waals surface area contributed by atoms with E-state index < -0.39 is 10.0 Å². The van der Waals surface area contributed by atoms with Crippen LogP contribution in [0.3, 0.4) is 0 Å². The van der Waals surface area contributed by atoms with Crippen molar-refractivity contribution in [1.29, 1.82) is 0 Å². The number of piperidine rings is 1. The molecule has 1 aliphatic heterocycles. The minimum Gasteiger partial charge on any atom is -0.377 e. The average molecular weight is 299 g/mol. The average Bonchev–Trinajstić information content (AvgIpc) is 2.48. The highest BCUT2D eigenvalue weighted by atomic mass is 32.2. The van der Waals surface area contributed by atoms with Gasteiger partial charge < -0.3 is 10.1 Å². The number of anilines is 1. The Hall–Kier alpha value is -1.18. The molecule has 1 saturated heterocycles. The van der Waals surface area contributed by atoms with Gasteiger partial charge in [-0.1, -0.05) is 0 Å². The van der Waals surface area contributed by atoms with Crippen LogP contribution in [0.2, 0.25) is 0 Å². The van der Waals surface area contributed by atoms with Crippen LogP contribution >= 0.6 is 0 Å². The lowest BCUT2D eigenvalue weighted by molar-refractivity contribution is 0.0265. The topological polar surface area (TPSA) is 71.5 Å². The minimum atomic E-state index is -3.48. The van der Waals surface area contributed by atoms with Crippen molar-refractivity contribution in [3.63, 3.8) is 0 Å². The number of ether oxygens (including phenoxy) is 1. The van der Waals surface area contributed by atoms with E-state index in [1.165, 1.54) is 10.5 Å². The molecule has 1 unspecified atom stereocenters. The summed E-state index contributed by atoms with van der Waals surface area (Å²) in [4.78, 5) is 4.30. The van der Waals surface area contributed by atoms with Gasteiger partial charge in [0.25, 0.3) is 0 Å². The van der Waals surface area contributed by atoms with Crippen molar-refractivity contribution < 1.29 is 13.2 Å². The summed E-state index contributed by atoms with van der Waals surface area (Å²) in [5.74, 6) is 0.648. The highest BCUT2D eigenvalue weighted by molar-refractivity contribution is 7.89. The van der Waals surface area contributed by atoms with Gasteiger partial charge in [-0.15, -0.1) is 0 Å². The fourth-order valence-electron chi connectivity index (χ4n) is 2.32. The second kappa shape index (κ2) is 6.51. The van der Waals surface area contributed by atoms with Crippen molar-refractivity contribution in [2.75, 3.05) is 32.1 Å². The monoisotopic (exact) mass is 299 g/mol. The Kier molecular flexibility index (Phi) is 4.95. The fraction of sp³-hybridized carbons (Fsp3) is 0.615. The number of rotatable bonds is 5. The number of hydrogen-bond acceptors (Lipinski definition) is 5. The summed E-state index contributed by atoms with van der Waals surface area (Å²) < 4.78 is 32.1. The number of aromatic nitrogens is 1. The summed E-state index contributed by atoms with van der Waals surface area (Å²) >= 11 is 0. The Morgan fingerprint density at radius 2 is 2.30 bits per heavy atom. The standard InChI is InChI=1S/C13H21N3O3S/c1-3-19-11-5-4-8-16(10-11)20(17,18)12-6-7-13(14-2)15-9-12/h6-7,9,11H,3-5,8,10H2,1-2H3,(H,14,15). The maximum Gasteiger partial charge on any atom is 0.244 e. The van der Waals surface area contributed by atoms with Crippen LogP contribution in [-0.2, 0) is 14.8 Å². The first kappa shape index (κ1) is 15.2. The van der Waals surface area contributed by atoms with Crippen LogP contribution in [0.15, 0.2) is 23.2 Å². The van der Waals surface area contributed by atoms with Crippen LogP contribution in [-0.4, -0.2) is 50.6 Å². The minimum absolute atomic E-state index is 0.00642. The summed E-state index contributed by atoms with van der Waals surface area (Å²) in [6, 6.07) is 3.25. The van der Waals surface area contributed by atoms with Crippen molar-refractivity contribution in [1.82, 2.24) is 9.29 Å². The van der Waals surface area contributed by atoms with E-state index >= 15 is 0 Å². The van der Waals surface area contributed by atoms with Gasteiger partial charge >= 0.3 is 0 Å². The first-order valence-corrected chi connectivity index (χ1v) is 8.27. The molecular weight excluding hydrogens is 278 g/mol. The molecule has 1 atom stereocenters. The Labute approximate surface area is 120 Å². The van der Waals surface area contributed by atoms with Gasteiger partial charge in [0.15, 0.2) is 0 Å². The van der Waals surface area contributed by atoms with Gasteiger partial charge in [0.05, 0.1) is 6.10 Å². The second-order valence-corrected chi connectivity index (χ2v) is 6.65. The summed E-state index contributed by atoms with van der Waals surface area (Å²) in [6.07, 6.45) is 3.13. The van der Waals surface area contributed by atoms with Gasteiger partial charge in [0, 0.05) is 32.9 Å². The van der Waals surface area contributed by atoms with E-state index in [0.717, 1.165) is 12.8 Å². The molecule has 0 spiro atoms. The molecule has 0 amide bonds. The Morgan fingerprint density at radius 1 is 1.50 bits per heavy atom. The lowest BCUT2D eigenvalue weighted by atomic mass is 10.1. The smallest absolute Gasteiger partial charge is 0.244 e. The van der Waals surface area contributed by atoms with Crippen molar-refractivity contribution in [3.05, 3.63) is 18.3 Å². The van der Waals surface area contributed by atoms with E-state index in [9.17, 15) is 8.42 Å². The molecule has 0 radical (unpaired) electrons. The van der Waals surface area contributed by atoms with Crippen molar-refractivity contribution in [2.45, 2.75) is 30.8 Å². The second-order valence-electron chi connectivity index (χ2n) is 4.71. The predicted molar refractivity (Wildman–Crippen MR) is 77.2 cm³/mol. The quantitative estimate of drug-likeness (QED) is 0.887. The van der Waals surface area contributed by atoms with E-state index in [4.69, 9.17) is 4.74 Å². The van der Waals surface area contributed by atoms with Crippen LogP contribution in [0, 0.1) is 0 Å². The van der Waals surface area contributed by atoms with E-state index in [1.807, 2.05) is 6.92 Å². The Balaban J connectivity index is 2.16. The molecule has 0 aromatic carbocycles. The van der Waals surface area contributed by atoms with Gasteiger partial charge in [-0.3, -0.25) is 0 Å². The first-order chi connectivity index (χ1) is 9.57. The van der Waals surface area contributed by atoms with Crippen LogP contribution in [0.1, 0.15) is 19.8 Å². The Morgan fingerprint density at radius 3 is 2.90 bits per heavy atom. The summed E-state index contributed by atoms with van der Waals surface area (Å²) in [5, 5.41) is 2.87. The molecule has 0 bridgehead atoms. The van der Waals surface area contributed by atoms with Gasteiger partial charge in [-0.2, -0.15) is 4.31 Å². The predicted octanol–water partition coefficient (Wildman–Crippen LogP) is 1.31. The third kappa shape index (κ3) is 3.28. The number of pyridine rings is 1. The van der Waals surface area contributed by atoms with E-state index in [2.05, 4.69) is 10.3 Å². The molecule has 6 nitrogen and oxygen atoms in total. The molecule has 1 aliphatic rings. The highest BCUT2D eigenvalue weighted by Crippen LogP contribution is 2.22. The number of hydrogen-bond donors (Lipinski definition) is 1. The zero-order chi connectivity index (χ0) is 14.6. The van der Waals surface area contributed by atoms with E-state index in [0.29, 0.717) is 25.5 Å². The molecule has 1 aromatic heterocycles. The molecule has 0 aliphatic carbocycles. The third-order valence-electron chi connectivity index (χ3n) is 3.37. The molecule has 1 aromatic rings. The molecule has 1 fully saturated rings. The van der Waals surface area contributed by atoms with Crippen molar-refractivity contribution >= 4 is 15.8 Å². The normalized spacial score (nSPS) is 20.8. The molecule has 0 saturated carbocycles.